The number of carbonyl (C=O) groups is 1. The molecule has 1 heterocycles. The number of anilines is 1. The van der Waals surface area contributed by atoms with Crippen molar-refractivity contribution in [2.75, 3.05) is 18.6 Å². The van der Waals surface area contributed by atoms with Gasteiger partial charge in [0, 0.05) is 28.8 Å². The molecule has 0 radical (unpaired) electrons. The Hall–Kier alpha value is -3.38. The van der Waals surface area contributed by atoms with Crippen LogP contribution in [0.5, 0.6) is 11.5 Å². The molecular weight excluding hydrogens is 432 g/mol. The summed E-state index contributed by atoms with van der Waals surface area (Å²) in [5, 5.41) is 16.3. The zero-order valence-corrected chi connectivity index (χ0v) is 20.1. The van der Waals surface area contributed by atoms with Crippen LogP contribution in [0.1, 0.15) is 31.1 Å². The fourth-order valence-corrected chi connectivity index (χ4v) is 4.85. The van der Waals surface area contributed by atoms with Crippen LogP contribution in [0.2, 0.25) is 0 Å². The van der Waals surface area contributed by atoms with Gasteiger partial charge < -0.3 is 20.1 Å². The third-order valence-electron chi connectivity index (χ3n) is 5.49. The number of hydrogen-bond donors (Lipinski definition) is 2. The van der Waals surface area contributed by atoms with E-state index in [0.717, 1.165) is 27.2 Å². The summed E-state index contributed by atoms with van der Waals surface area (Å²) in [6.45, 7) is 6.71. The summed E-state index contributed by atoms with van der Waals surface area (Å²) in [6, 6.07) is 19.0. The lowest BCUT2D eigenvalue weighted by Gasteiger charge is -2.25. The average molecular weight is 461 g/mol. The van der Waals surface area contributed by atoms with Gasteiger partial charge in [0.15, 0.2) is 0 Å². The minimum atomic E-state index is -0.302. The van der Waals surface area contributed by atoms with Gasteiger partial charge in [-0.2, -0.15) is 0 Å². The standard InChI is InChI=1S/C27H28N2O3S/c1-18-16-29(21-11-9-20-14-22(32-4)12-10-19(20)13-21)25(33-18)15-27(2,3)17-28-26(31)23-7-5-6-8-24(23)30/h5-16,30H,17H2,1-4H3,(H,28,31). The molecule has 0 atom stereocenters. The molecule has 0 saturated heterocycles. The minimum Gasteiger partial charge on any atom is -0.507 e. The summed E-state index contributed by atoms with van der Waals surface area (Å²) in [5.74, 6) is 0.545. The number of para-hydroxylation sites is 1. The van der Waals surface area contributed by atoms with E-state index in [4.69, 9.17) is 4.74 Å². The third-order valence-corrected chi connectivity index (χ3v) is 6.44. The third kappa shape index (κ3) is 5.17. The number of carbonyl (C=O) groups excluding carboxylic acids is 1. The number of hydrogen-bond acceptors (Lipinski definition) is 5. The lowest BCUT2D eigenvalue weighted by Crippen LogP contribution is -2.33. The lowest BCUT2D eigenvalue weighted by molar-refractivity contribution is 0.0940. The van der Waals surface area contributed by atoms with Crippen LogP contribution in [0.3, 0.4) is 0 Å². The van der Waals surface area contributed by atoms with Gasteiger partial charge in [0.2, 0.25) is 0 Å². The van der Waals surface area contributed by atoms with Crippen molar-refractivity contribution in [1.82, 2.24) is 5.32 Å². The molecule has 4 rings (SSSR count). The Balaban J connectivity index is 1.54. The topological polar surface area (TPSA) is 61.8 Å². The van der Waals surface area contributed by atoms with Crippen LogP contribution in [0.4, 0.5) is 5.69 Å². The molecule has 3 aromatic rings. The van der Waals surface area contributed by atoms with E-state index in [0.29, 0.717) is 6.54 Å². The molecule has 1 amide bonds. The van der Waals surface area contributed by atoms with Crippen molar-refractivity contribution in [3.63, 3.8) is 0 Å². The normalized spacial score (nSPS) is 15.1. The van der Waals surface area contributed by atoms with Crippen LogP contribution in [-0.2, 0) is 0 Å². The second-order valence-electron chi connectivity index (χ2n) is 8.78. The van der Waals surface area contributed by atoms with Crippen molar-refractivity contribution in [2.45, 2.75) is 20.8 Å². The molecule has 0 spiro atoms. The monoisotopic (exact) mass is 460 g/mol. The van der Waals surface area contributed by atoms with Gasteiger partial charge in [0.25, 0.3) is 5.91 Å². The van der Waals surface area contributed by atoms with Crippen molar-refractivity contribution >= 4 is 34.1 Å². The van der Waals surface area contributed by atoms with Crippen LogP contribution in [0.25, 0.3) is 10.8 Å². The van der Waals surface area contributed by atoms with E-state index in [2.05, 4.69) is 67.5 Å². The Bertz CT molecular complexity index is 1260. The van der Waals surface area contributed by atoms with Gasteiger partial charge in [-0.15, -0.1) is 0 Å². The summed E-state index contributed by atoms with van der Waals surface area (Å²) in [6.07, 6.45) is 4.33. The highest BCUT2D eigenvalue weighted by Gasteiger charge is 2.25. The van der Waals surface area contributed by atoms with Crippen molar-refractivity contribution in [3.8, 4) is 11.5 Å². The number of methoxy groups -OCH3 is 1. The number of ether oxygens (including phenoxy) is 1. The molecule has 0 aliphatic carbocycles. The number of rotatable bonds is 6. The summed E-state index contributed by atoms with van der Waals surface area (Å²) in [7, 11) is 1.67. The highest BCUT2D eigenvalue weighted by molar-refractivity contribution is 8.07. The van der Waals surface area contributed by atoms with Gasteiger partial charge in [-0.3, -0.25) is 4.79 Å². The van der Waals surface area contributed by atoms with Crippen molar-refractivity contribution in [2.24, 2.45) is 5.41 Å². The van der Waals surface area contributed by atoms with Crippen LogP contribution in [-0.4, -0.2) is 24.7 Å². The van der Waals surface area contributed by atoms with Gasteiger partial charge in [0.1, 0.15) is 11.5 Å². The summed E-state index contributed by atoms with van der Waals surface area (Å²) in [4.78, 5) is 15.9. The Morgan fingerprint density at radius 3 is 2.61 bits per heavy atom. The van der Waals surface area contributed by atoms with E-state index in [9.17, 15) is 9.90 Å². The molecule has 1 aliphatic rings. The first kappa shape index (κ1) is 22.8. The minimum absolute atomic E-state index is 0.0163. The fraction of sp³-hybridized carbons (Fsp3) is 0.222. The number of allylic oxidation sites excluding steroid dienone is 1. The molecule has 170 valence electrons. The quantitative estimate of drug-likeness (QED) is 0.454. The summed E-state index contributed by atoms with van der Waals surface area (Å²) in [5.41, 5.74) is 1.06. The largest absolute Gasteiger partial charge is 0.507 e. The number of nitrogens with zero attached hydrogens (tertiary/aromatic N) is 1. The molecular formula is C27H28N2O3S. The molecule has 1 aliphatic heterocycles. The van der Waals surface area contributed by atoms with Crippen LogP contribution in [0.15, 0.2) is 82.9 Å². The van der Waals surface area contributed by atoms with E-state index in [1.54, 1.807) is 37.1 Å². The Labute approximate surface area is 198 Å². The SMILES string of the molecule is COc1ccc2cc(N3C=C(C)SC3=CC(C)(C)CNC(=O)c3ccccc3O)ccc2c1. The zero-order valence-electron chi connectivity index (χ0n) is 19.3. The van der Waals surface area contributed by atoms with Gasteiger partial charge >= 0.3 is 0 Å². The smallest absolute Gasteiger partial charge is 0.255 e. The predicted molar refractivity (Wildman–Crippen MR) is 137 cm³/mol. The number of thioether (sulfide) groups is 1. The maximum absolute atomic E-state index is 12.5. The van der Waals surface area contributed by atoms with Crippen LogP contribution >= 0.6 is 11.8 Å². The van der Waals surface area contributed by atoms with E-state index in [-0.39, 0.29) is 22.6 Å². The highest BCUT2D eigenvalue weighted by atomic mass is 32.2. The van der Waals surface area contributed by atoms with Gasteiger partial charge in [-0.1, -0.05) is 49.9 Å². The molecule has 33 heavy (non-hydrogen) atoms. The maximum Gasteiger partial charge on any atom is 0.255 e. The Kier molecular flexibility index (Phi) is 6.38. The number of nitrogens with one attached hydrogen (secondary N) is 1. The predicted octanol–water partition coefficient (Wildman–Crippen LogP) is 6.27. The number of phenols is 1. The number of fused-ring (bicyclic) bond motifs is 1. The molecule has 5 nitrogen and oxygen atoms in total. The number of benzene rings is 3. The van der Waals surface area contributed by atoms with Gasteiger partial charge in [0.05, 0.1) is 17.7 Å². The van der Waals surface area contributed by atoms with Gasteiger partial charge in [-0.25, -0.2) is 0 Å². The number of phenolic OH excluding ortho intramolecular Hbond substituents is 1. The van der Waals surface area contributed by atoms with Crippen LogP contribution < -0.4 is 15.0 Å². The highest BCUT2D eigenvalue weighted by Crippen LogP contribution is 2.42. The van der Waals surface area contributed by atoms with E-state index in [1.165, 1.54) is 11.0 Å². The molecule has 6 heteroatoms. The zero-order chi connectivity index (χ0) is 23.6. The molecule has 0 aromatic heterocycles. The van der Waals surface area contributed by atoms with E-state index in [1.807, 2.05) is 12.1 Å². The van der Waals surface area contributed by atoms with Crippen molar-refractivity contribution in [1.29, 1.82) is 0 Å². The molecule has 0 saturated carbocycles. The first-order valence-electron chi connectivity index (χ1n) is 10.8. The van der Waals surface area contributed by atoms with Gasteiger partial charge in [-0.05, 0) is 60.2 Å². The maximum atomic E-state index is 12.5. The van der Waals surface area contributed by atoms with Crippen molar-refractivity contribution < 1.29 is 14.6 Å². The second kappa shape index (κ2) is 9.24. The summed E-state index contributed by atoms with van der Waals surface area (Å²) >= 11 is 1.72. The first-order chi connectivity index (χ1) is 15.8. The molecule has 0 unspecified atom stereocenters. The molecule has 0 bridgehead atoms. The number of amides is 1. The first-order valence-corrected chi connectivity index (χ1v) is 11.6. The van der Waals surface area contributed by atoms with E-state index < -0.39 is 0 Å². The van der Waals surface area contributed by atoms with Crippen LogP contribution in [0, 0.1) is 5.41 Å². The molecule has 2 N–H and O–H groups in total. The average Bonchev–Trinajstić information content (AvgIpc) is 3.16. The second-order valence-corrected chi connectivity index (χ2v) is 10.0. The summed E-state index contributed by atoms with van der Waals surface area (Å²) < 4.78 is 5.34. The molecule has 0 fully saturated rings. The Morgan fingerprint density at radius 2 is 1.85 bits per heavy atom. The Morgan fingerprint density at radius 1 is 1.12 bits per heavy atom. The number of aromatic hydroxyl groups is 1. The van der Waals surface area contributed by atoms with E-state index >= 15 is 0 Å². The van der Waals surface area contributed by atoms with Crippen molar-refractivity contribution in [3.05, 3.63) is 88.4 Å². The fourth-order valence-electron chi connectivity index (χ4n) is 3.73. The lowest BCUT2D eigenvalue weighted by atomic mass is 9.93. The molecule has 3 aromatic carbocycles.